The highest BCUT2D eigenvalue weighted by Gasteiger charge is 2.34. The molecule has 1 fully saturated rings. The SMILES string of the molecule is Cc1nc2c(F)cc(-c3nc(Nc4ccc(C(C)C5CCCCN5C(=O)OC(C)(C)C)cn4)ncc3F)cc2n1C(C)C. The normalized spacial score (nSPS) is 16.5. The maximum atomic E-state index is 15.1. The third-order valence-electron chi connectivity index (χ3n) is 7.77. The molecule has 5 rings (SSSR count). The Hall–Kier alpha value is -4.15. The molecule has 1 saturated heterocycles. The van der Waals surface area contributed by atoms with E-state index in [1.54, 1.807) is 18.3 Å². The molecule has 228 valence electrons. The molecule has 1 aromatic carbocycles. The van der Waals surface area contributed by atoms with Gasteiger partial charge >= 0.3 is 6.09 Å². The molecule has 3 aromatic heterocycles. The number of likely N-dealkylation sites (tertiary alicyclic amines) is 1. The predicted molar refractivity (Wildman–Crippen MR) is 162 cm³/mol. The number of hydrogen-bond acceptors (Lipinski definition) is 7. The fourth-order valence-electron chi connectivity index (χ4n) is 5.80. The quantitative estimate of drug-likeness (QED) is 0.245. The molecule has 1 aliphatic rings. The Morgan fingerprint density at radius 3 is 2.49 bits per heavy atom. The van der Waals surface area contributed by atoms with Gasteiger partial charge in [0.15, 0.2) is 11.6 Å². The van der Waals surface area contributed by atoms with Gasteiger partial charge in [-0.3, -0.25) is 0 Å². The Morgan fingerprint density at radius 2 is 1.81 bits per heavy atom. The van der Waals surface area contributed by atoms with Crippen LogP contribution in [0.1, 0.15) is 84.2 Å². The van der Waals surface area contributed by atoms with E-state index >= 15 is 4.39 Å². The third kappa shape index (κ3) is 6.45. The minimum absolute atomic E-state index is 0.000670. The summed E-state index contributed by atoms with van der Waals surface area (Å²) in [7, 11) is 0. The molecule has 4 heterocycles. The number of aryl methyl sites for hydroxylation is 1. The number of anilines is 2. The Bertz CT molecular complexity index is 1630. The molecule has 2 atom stereocenters. The maximum absolute atomic E-state index is 15.1. The number of imidazole rings is 1. The van der Waals surface area contributed by atoms with Crippen LogP contribution in [0.3, 0.4) is 0 Å². The standard InChI is InChI=1S/C32H39F2N7O2/c1-18(2)41-20(4)37-29-23(33)14-22(15-26(29)41)28-24(34)17-36-30(39-28)38-27-12-11-21(16-35-27)19(3)25-10-8-9-13-40(25)31(42)43-32(5,6)7/h11-12,14-19,25H,8-10,13H2,1-7H3,(H,35,36,38,39). The first-order valence-corrected chi connectivity index (χ1v) is 14.8. The van der Waals surface area contributed by atoms with E-state index in [0.29, 0.717) is 23.7 Å². The first-order valence-electron chi connectivity index (χ1n) is 14.8. The zero-order chi connectivity index (χ0) is 31.1. The number of pyridine rings is 1. The summed E-state index contributed by atoms with van der Waals surface area (Å²) in [4.78, 5) is 32.1. The lowest BCUT2D eigenvalue weighted by Gasteiger charge is -2.39. The topological polar surface area (TPSA) is 98.1 Å². The molecule has 0 bridgehead atoms. The van der Waals surface area contributed by atoms with Crippen LogP contribution in [-0.2, 0) is 4.74 Å². The van der Waals surface area contributed by atoms with E-state index in [-0.39, 0.29) is 46.8 Å². The van der Waals surface area contributed by atoms with Gasteiger partial charge in [-0.1, -0.05) is 13.0 Å². The number of halogens is 2. The fraction of sp³-hybridized carbons (Fsp3) is 0.469. The fourth-order valence-corrected chi connectivity index (χ4v) is 5.80. The van der Waals surface area contributed by atoms with Crippen molar-refractivity contribution in [2.75, 3.05) is 11.9 Å². The maximum Gasteiger partial charge on any atom is 0.410 e. The molecule has 43 heavy (non-hydrogen) atoms. The summed E-state index contributed by atoms with van der Waals surface area (Å²) in [6.45, 7) is 14.2. The van der Waals surface area contributed by atoms with Gasteiger partial charge in [0.1, 0.15) is 28.5 Å². The number of carbonyl (C=O) groups is 1. The second kappa shape index (κ2) is 11.9. The number of amides is 1. The van der Waals surface area contributed by atoms with Crippen molar-refractivity contribution in [1.29, 1.82) is 0 Å². The van der Waals surface area contributed by atoms with Crippen LogP contribution >= 0.6 is 0 Å². The van der Waals surface area contributed by atoms with Gasteiger partial charge in [0.05, 0.1) is 11.7 Å². The molecule has 1 N–H and O–H groups in total. The average Bonchev–Trinajstić information content (AvgIpc) is 3.29. The molecule has 1 amide bonds. The highest BCUT2D eigenvalue weighted by Crippen LogP contribution is 2.33. The van der Waals surface area contributed by atoms with Crippen LogP contribution in [0.5, 0.6) is 0 Å². The average molecular weight is 592 g/mol. The number of benzene rings is 1. The second-order valence-corrected chi connectivity index (χ2v) is 12.5. The number of piperidine rings is 1. The van der Waals surface area contributed by atoms with E-state index < -0.39 is 17.2 Å². The van der Waals surface area contributed by atoms with E-state index in [1.165, 1.54) is 6.07 Å². The lowest BCUT2D eigenvalue weighted by atomic mass is 9.87. The van der Waals surface area contributed by atoms with Crippen LogP contribution in [0.15, 0.2) is 36.7 Å². The number of aromatic nitrogens is 5. The minimum Gasteiger partial charge on any atom is -0.444 e. The van der Waals surface area contributed by atoms with Crippen LogP contribution in [0.4, 0.5) is 25.3 Å². The monoisotopic (exact) mass is 591 g/mol. The summed E-state index contributed by atoms with van der Waals surface area (Å²) < 4.78 is 37.6. The zero-order valence-corrected chi connectivity index (χ0v) is 25.8. The summed E-state index contributed by atoms with van der Waals surface area (Å²) in [5.41, 5.74) is 1.49. The lowest BCUT2D eigenvalue weighted by Crippen LogP contribution is -2.48. The first-order chi connectivity index (χ1) is 20.3. The van der Waals surface area contributed by atoms with Gasteiger partial charge in [-0.05, 0) is 84.6 Å². The zero-order valence-electron chi connectivity index (χ0n) is 25.8. The number of fused-ring (bicyclic) bond motifs is 1. The molecule has 11 heteroatoms. The van der Waals surface area contributed by atoms with Gasteiger partial charge in [-0.2, -0.15) is 0 Å². The molecule has 9 nitrogen and oxygen atoms in total. The Morgan fingerprint density at radius 1 is 1.05 bits per heavy atom. The van der Waals surface area contributed by atoms with Crippen molar-refractivity contribution in [2.45, 2.75) is 91.3 Å². The smallest absolute Gasteiger partial charge is 0.410 e. The number of rotatable bonds is 6. The van der Waals surface area contributed by atoms with E-state index in [1.807, 2.05) is 57.1 Å². The van der Waals surface area contributed by atoms with E-state index in [2.05, 4.69) is 32.2 Å². The van der Waals surface area contributed by atoms with Crippen LogP contribution in [0.2, 0.25) is 0 Å². The van der Waals surface area contributed by atoms with Crippen molar-refractivity contribution in [3.8, 4) is 11.3 Å². The molecule has 0 saturated carbocycles. The molecule has 0 radical (unpaired) electrons. The van der Waals surface area contributed by atoms with Gasteiger partial charge in [-0.15, -0.1) is 0 Å². The third-order valence-corrected chi connectivity index (χ3v) is 7.77. The van der Waals surface area contributed by atoms with Gasteiger partial charge in [0, 0.05) is 36.3 Å². The Labute approximate surface area is 250 Å². The summed E-state index contributed by atoms with van der Waals surface area (Å²) in [5.74, 6) is 0.0959. The van der Waals surface area contributed by atoms with Crippen molar-refractivity contribution in [2.24, 2.45) is 0 Å². The van der Waals surface area contributed by atoms with Crippen molar-refractivity contribution < 1.29 is 18.3 Å². The van der Waals surface area contributed by atoms with Crippen LogP contribution in [-0.4, -0.2) is 53.7 Å². The molecule has 0 spiro atoms. The van der Waals surface area contributed by atoms with Crippen molar-refractivity contribution in [1.82, 2.24) is 29.4 Å². The predicted octanol–water partition coefficient (Wildman–Crippen LogP) is 7.69. The van der Waals surface area contributed by atoms with E-state index in [9.17, 15) is 9.18 Å². The molecule has 4 aromatic rings. The summed E-state index contributed by atoms with van der Waals surface area (Å²) in [5, 5.41) is 3.03. The number of hydrogen-bond donors (Lipinski definition) is 1. The van der Waals surface area contributed by atoms with Crippen LogP contribution < -0.4 is 5.32 Å². The molecular weight excluding hydrogens is 552 g/mol. The van der Waals surface area contributed by atoms with Crippen molar-refractivity contribution in [3.05, 3.63) is 59.7 Å². The molecular formula is C32H39F2N7O2. The van der Waals surface area contributed by atoms with Gasteiger partial charge in [0.25, 0.3) is 0 Å². The number of carbonyl (C=O) groups excluding carboxylic acids is 1. The first kappa shape index (κ1) is 30.3. The van der Waals surface area contributed by atoms with Gasteiger partial charge in [-0.25, -0.2) is 33.5 Å². The largest absolute Gasteiger partial charge is 0.444 e. The summed E-state index contributed by atoms with van der Waals surface area (Å²) >= 11 is 0. The van der Waals surface area contributed by atoms with Crippen molar-refractivity contribution >= 4 is 28.9 Å². The molecule has 2 unspecified atom stereocenters. The van der Waals surface area contributed by atoms with Gasteiger partial charge in [0.2, 0.25) is 5.95 Å². The summed E-state index contributed by atoms with van der Waals surface area (Å²) in [6.07, 6.45) is 5.41. The number of nitrogens with zero attached hydrogens (tertiary/aromatic N) is 6. The van der Waals surface area contributed by atoms with Crippen LogP contribution in [0, 0.1) is 18.6 Å². The van der Waals surface area contributed by atoms with Gasteiger partial charge < -0.3 is 19.5 Å². The highest BCUT2D eigenvalue weighted by molar-refractivity contribution is 5.83. The number of ether oxygens (including phenoxy) is 1. The lowest BCUT2D eigenvalue weighted by molar-refractivity contribution is 0.00699. The highest BCUT2D eigenvalue weighted by atomic mass is 19.1. The van der Waals surface area contributed by atoms with Crippen molar-refractivity contribution in [3.63, 3.8) is 0 Å². The molecule has 1 aliphatic heterocycles. The Balaban J connectivity index is 1.36. The second-order valence-electron chi connectivity index (χ2n) is 12.5. The van der Waals surface area contributed by atoms with Crippen LogP contribution in [0.25, 0.3) is 22.3 Å². The van der Waals surface area contributed by atoms with E-state index in [4.69, 9.17) is 4.74 Å². The summed E-state index contributed by atoms with van der Waals surface area (Å²) in [6, 6.07) is 6.74. The Kier molecular flexibility index (Phi) is 8.36. The minimum atomic E-state index is -0.671. The molecule has 0 aliphatic carbocycles. The number of nitrogens with one attached hydrogen (secondary N) is 1. The van der Waals surface area contributed by atoms with E-state index in [0.717, 1.165) is 31.0 Å².